The molecule has 45 heavy (non-hydrogen) atoms. The molecule has 4 unspecified atom stereocenters. The predicted molar refractivity (Wildman–Crippen MR) is 185 cm³/mol. The van der Waals surface area contributed by atoms with Crippen LogP contribution in [0.5, 0.6) is 0 Å². The van der Waals surface area contributed by atoms with Gasteiger partial charge in [0.1, 0.15) is 12.8 Å². The van der Waals surface area contributed by atoms with Gasteiger partial charge in [0, 0.05) is 25.2 Å². The summed E-state index contributed by atoms with van der Waals surface area (Å²) in [5.74, 6) is -0.0927. The lowest BCUT2D eigenvalue weighted by atomic mass is 10.0. The number of hydrogen-bond donors (Lipinski definition) is 4. The van der Waals surface area contributed by atoms with Gasteiger partial charge in [0.2, 0.25) is 12.3 Å². The molecule has 2 heterocycles. The van der Waals surface area contributed by atoms with Gasteiger partial charge >= 0.3 is 0 Å². The Morgan fingerprint density at radius 1 is 1.16 bits per heavy atom. The van der Waals surface area contributed by atoms with E-state index in [0.717, 1.165) is 45.1 Å². The summed E-state index contributed by atoms with van der Waals surface area (Å²) in [6.45, 7) is 23.0. The van der Waals surface area contributed by atoms with Crippen molar-refractivity contribution in [3.05, 3.63) is 61.9 Å². The van der Waals surface area contributed by atoms with Gasteiger partial charge in [0.05, 0.1) is 12.3 Å². The SMILES string of the molecule is C=C.C=CO.C=O.CC1CCCCN1C(=N)N.CCN(C)CC1CCC(C(=O)NC(C)C(C)=O)N1C=O.CCc1ccccc1. The molecule has 2 aliphatic rings. The normalized spacial score (nSPS) is 18.5. The Kier molecular flexibility index (Phi) is 29.0. The van der Waals surface area contributed by atoms with Crippen LogP contribution < -0.4 is 11.1 Å². The lowest BCUT2D eigenvalue weighted by Gasteiger charge is -2.33. The number of carbonyl (C=O) groups is 4. The highest BCUT2D eigenvalue weighted by Crippen LogP contribution is 2.23. The smallest absolute Gasteiger partial charge is 0.243 e. The number of aryl methyl sites for hydroxylation is 1. The van der Waals surface area contributed by atoms with E-state index < -0.39 is 12.1 Å². The Balaban J connectivity index is -0.000000586. The molecule has 0 spiro atoms. The quantitative estimate of drug-likeness (QED) is 0.108. The maximum Gasteiger partial charge on any atom is 0.243 e. The van der Waals surface area contributed by atoms with E-state index in [9.17, 15) is 14.4 Å². The summed E-state index contributed by atoms with van der Waals surface area (Å²) in [6.07, 6.45) is 7.76. The summed E-state index contributed by atoms with van der Waals surface area (Å²) in [7, 11) is 1.99. The first-order valence-corrected chi connectivity index (χ1v) is 15.4. The number of likely N-dealkylation sites (tertiary alicyclic amines) is 2. The fourth-order valence-corrected chi connectivity index (χ4v) is 4.58. The monoisotopic (exact) mass is 632 g/mol. The number of nitrogens with one attached hydrogen (secondary N) is 2. The van der Waals surface area contributed by atoms with Gasteiger partial charge in [-0.05, 0) is 78.5 Å². The van der Waals surface area contributed by atoms with Crippen molar-refractivity contribution in [3.8, 4) is 0 Å². The molecular formula is C34H60N6O5. The van der Waals surface area contributed by atoms with Crippen LogP contribution in [0.2, 0.25) is 0 Å². The first-order valence-electron chi connectivity index (χ1n) is 15.4. The number of likely N-dealkylation sites (N-methyl/N-ethyl adjacent to an activating group) is 1. The highest BCUT2D eigenvalue weighted by molar-refractivity contribution is 5.90. The molecule has 0 aliphatic carbocycles. The average molecular weight is 633 g/mol. The second-order valence-electron chi connectivity index (χ2n) is 10.4. The van der Waals surface area contributed by atoms with E-state index >= 15 is 0 Å². The van der Waals surface area contributed by atoms with Crippen LogP contribution in [-0.2, 0) is 25.6 Å². The summed E-state index contributed by atoms with van der Waals surface area (Å²) in [4.78, 5) is 48.3. The van der Waals surface area contributed by atoms with Crippen LogP contribution >= 0.6 is 0 Å². The molecule has 0 saturated carbocycles. The van der Waals surface area contributed by atoms with E-state index in [1.54, 1.807) is 11.8 Å². The number of ketones is 1. The number of nitrogens with zero attached hydrogens (tertiary/aromatic N) is 3. The number of rotatable bonds is 8. The number of benzene rings is 1. The minimum atomic E-state index is -0.506. The Bertz CT molecular complexity index is 946. The number of hydrogen-bond acceptors (Lipinski definition) is 7. The number of Topliss-reactive ketones (excluding diaryl/α,β-unsaturated/α-hetero) is 1. The van der Waals surface area contributed by atoms with Crippen LogP contribution in [0.1, 0.15) is 72.3 Å². The zero-order chi connectivity index (χ0) is 35.4. The second kappa shape index (κ2) is 28.8. The molecule has 5 N–H and O–H groups in total. The largest absolute Gasteiger partial charge is 0.516 e. The first kappa shape index (κ1) is 45.4. The third-order valence-electron chi connectivity index (χ3n) is 7.37. The average Bonchev–Trinajstić information content (AvgIpc) is 3.46. The minimum absolute atomic E-state index is 0.0702. The zero-order valence-corrected chi connectivity index (χ0v) is 28.5. The maximum absolute atomic E-state index is 12.2. The van der Waals surface area contributed by atoms with E-state index in [1.165, 1.54) is 31.7 Å². The van der Waals surface area contributed by atoms with Crippen molar-refractivity contribution in [1.29, 1.82) is 5.41 Å². The molecular weight excluding hydrogens is 572 g/mol. The molecule has 2 saturated heterocycles. The standard InChI is InChI=1S/C14H25N3O3.C8H10.C7H15N3.C2H4O.C2H4.CH2O/c1-5-16(4)8-12-6-7-13(17(12)9-18)14(20)15-10(2)11(3)19;1-2-8-6-4-3-5-7-8;1-6-4-2-3-5-10(6)7(8)9;1-2-3;2*1-2/h9-10,12-13H,5-8H2,1-4H3,(H,15,20);3-7H,2H2,1H3;6H,2-5H2,1H3,(H3,8,9);2-3H,1H2;1-2H2;1H2. The first-order chi connectivity index (χ1) is 21.5. The van der Waals surface area contributed by atoms with Crippen LogP contribution in [-0.4, -0.2) is 102 Å². The third kappa shape index (κ3) is 19.8. The van der Waals surface area contributed by atoms with Crippen molar-refractivity contribution >= 4 is 30.8 Å². The van der Waals surface area contributed by atoms with E-state index in [2.05, 4.69) is 75.0 Å². The minimum Gasteiger partial charge on any atom is -0.516 e. The number of nitrogens with two attached hydrogens (primary N) is 1. The van der Waals surface area contributed by atoms with Crippen LogP contribution in [0.3, 0.4) is 0 Å². The second-order valence-corrected chi connectivity index (χ2v) is 10.4. The Hall–Kier alpha value is -3.99. The molecule has 1 aromatic carbocycles. The molecule has 1 aromatic rings. The van der Waals surface area contributed by atoms with Crippen molar-refractivity contribution in [2.75, 3.05) is 26.7 Å². The Morgan fingerprint density at radius 3 is 2.09 bits per heavy atom. The van der Waals surface area contributed by atoms with E-state index in [1.807, 2.05) is 24.8 Å². The van der Waals surface area contributed by atoms with Gasteiger partial charge in [0.15, 0.2) is 11.7 Å². The van der Waals surface area contributed by atoms with Gasteiger partial charge in [-0.25, -0.2) is 0 Å². The van der Waals surface area contributed by atoms with Crippen LogP contribution in [0.4, 0.5) is 0 Å². The molecule has 4 atom stereocenters. The van der Waals surface area contributed by atoms with Gasteiger partial charge in [-0.2, -0.15) is 0 Å². The molecule has 3 rings (SSSR count). The Morgan fingerprint density at radius 2 is 1.71 bits per heavy atom. The number of guanidine groups is 1. The molecule has 2 aliphatic heterocycles. The molecule has 0 bridgehead atoms. The highest BCUT2D eigenvalue weighted by Gasteiger charge is 2.37. The lowest BCUT2D eigenvalue weighted by molar-refractivity contribution is -0.134. The number of aliphatic hydroxyl groups is 1. The van der Waals surface area contributed by atoms with Crippen molar-refractivity contribution in [2.24, 2.45) is 5.73 Å². The number of aliphatic hydroxyl groups excluding tert-OH is 1. The van der Waals surface area contributed by atoms with Gasteiger partial charge in [0.25, 0.3) is 0 Å². The third-order valence-corrected chi connectivity index (χ3v) is 7.37. The van der Waals surface area contributed by atoms with Crippen molar-refractivity contribution in [1.82, 2.24) is 20.0 Å². The van der Waals surface area contributed by atoms with Crippen LogP contribution in [0.15, 0.2) is 56.3 Å². The number of carbonyl (C=O) groups excluding carboxylic acids is 4. The summed E-state index contributed by atoms with van der Waals surface area (Å²) in [6, 6.07) is 10.0. The van der Waals surface area contributed by atoms with E-state index in [-0.39, 0.29) is 23.7 Å². The summed E-state index contributed by atoms with van der Waals surface area (Å²) < 4.78 is 0. The summed E-state index contributed by atoms with van der Waals surface area (Å²) in [5, 5.41) is 17.2. The van der Waals surface area contributed by atoms with Gasteiger partial charge < -0.3 is 35.7 Å². The van der Waals surface area contributed by atoms with Crippen LogP contribution in [0, 0.1) is 5.41 Å². The summed E-state index contributed by atoms with van der Waals surface area (Å²) in [5.41, 5.74) is 6.78. The van der Waals surface area contributed by atoms with Crippen molar-refractivity contribution in [2.45, 2.75) is 97.3 Å². The fraction of sp³-hybridized carbons (Fsp3) is 0.559. The van der Waals surface area contributed by atoms with Gasteiger partial charge in [-0.15, -0.1) is 13.2 Å². The maximum atomic E-state index is 12.2. The summed E-state index contributed by atoms with van der Waals surface area (Å²) >= 11 is 0. The van der Waals surface area contributed by atoms with E-state index in [0.29, 0.717) is 12.5 Å². The molecule has 11 heteroatoms. The molecule has 2 amide bonds. The fourth-order valence-electron chi connectivity index (χ4n) is 4.58. The molecule has 2 fully saturated rings. The zero-order valence-electron chi connectivity index (χ0n) is 28.5. The van der Waals surface area contributed by atoms with Crippen molar-refractivity contribution < 1.29 is 24.3 Å². The predicted octanol–water partition coefficient (Wildman–Crippen LogP) is 4.33. The molecule has 256 valence electrons. The van der Waals surface area contributed by atoms with Gasteiger partial charge in [-0.3, -0.25) is 19.8 Å². The molecule has 11 nitrogen and oxygen atoms in total. The number of amides is 2. The molecule has 0 aromatic heterocycles. The number of piperidine rings is 1. The van der Waals surface area contributed by atoms with Crippen molar-refractivity contribution in [3.63, 3.8) is 0 Å². The van der Waals surface area contributed by atoms with Crippen LogP contribution in [0.25, 0.3) is 0 Å². The Labute approximate surface area is 272 Å². The lowest BCUT2D eigenvalue weighted by Crippen LogP contribution is -2.50. The topological polar surface area (TPSA) is 160 Å². The van der Waals surface area contributed by atoms with Gasteiger partial charge in [-0.1, -0.05) is 50.8 Å². The molecule has 0 radical (unpaired) electrons. The van der Waals surface area contributed by atoms with E-state index in [4.69, 9.17) is 21.0 Å². The highest BCUT2D eigenvalue weighted by atomic mass is 16.2.